The van der Waals surface area contributed by atoms with Crippen LogP contribution in [0.1, 0.15) is 23.3 Å². The summed E-state index contributed by atoms with van der Waals surface area (Å²) in [4.78, 5) is 19.8. The van der Waals surface area contributed by atoms with Crippen LogP contribution in [0, 0.1) is 11.3 Å². The Labute approximate surface area is 136 Å². The molecule has 0 bridgehead atoms. The molecule has 0 aliphatic rings. The minimum atomic E-state index is -0.287. The van der Waals surface area contributed by atoms with Crippen molar-refractivity contribution < 1.29 is 9.53 Å². The Balaban J connectivity index is 1.94. The van der Waals surface area contributed by atoms with Gasteiger partial charge >= 0.3 is 5.97 Å². The smallest absolute Gasteiger partial charge is 0.311 e. The number of hydrogen-bond acceptors (Lipinski definition) is 7. The topological polar surface area (TPSA) is 87.9 Å². The van der Waals surface area contributed by atoms with Crippen LogP contribution in [-0.4, -0.2) is 22.5 Å². The molecule has 0 aromatic carbocycles. The van der Waals surface area contributed by atoms with E-state index in [2.05, 4.69) is 15.3 Å². The number of halogens is 1. The van der Waals surface area contributed by atoms with Crippen LogP contribution in [0.3, 0.4) is 0 Å². The van der Waals surface area contributed by atoms with Gasteiger partial charge < -0.3 is 10.1 Å². The first-order valence-electron chi connectivity index (χ1n) is 6.51. The molecule has 1 N–H and O–H groups in total. The summed E-state index contributed by atoms with van der Waals surface area (Å²) >= 11 is 7.27. The van der Waals surface area contributed by atoms with Crippen molar-refractivity contribution in [3.8, 4) is 6.07 Å². The molecule has 2 aromatic rings. The highest BCUT2D eigenvalue weighted by atomic mass is 35.5. The zero-order chi connectivity index (χ0) is 15.9. The average Bonchev–Trinajstić information content (AvgIpc) is 2.94. The summed E-state index contributed by atoms with van der Waals surface area (Å²) < 4.78 is 4.88. The van der Waals surface area contributed by atoms with E-state index in [9.17, 15) is 4.79 Å². The Morgan fingerprint density at radius 1 is 1.50 bits per heavy atom. The number of nitrogens with zero attached hydrogens (tertiary/aromatic N) is 3. The number of carbonyl (C=O) groups is 1. The molecule has 0 amide bonds. The number of nitrogens with one attached hydrogen (secondary N) is 1. The quantitative estimate of drug-likeness (QED) is 0.816. The average molecular weight is 337 g/mol. The summed E-state index contributed by atoms with van der Waals surface area (Å²) in [6, 6.07) is 5.23. The number of anilines is 1. The number of carbonyl (C=O) groups excluding carboxylic acids is 1. The number of esters is 1. The van der Waals surface area contributed by atoms with Crippen LogP contribution in [0.2, 0.25) is 5.02 Å². The maximum absolute atomic E-state index is 11.4. The number of aromatic nitrogens is 2. The van der Waals surface area contributed by atoms with Gasteiger partial charge in [-0.25, -0.2) is 9.97 Å². The number of ether oxygens (including phenoxy) is 1. The Bertz CT molecular complexity index is 711. The number of pyridine rings is 1. The van der Waals surface area contributed by atoms with Gasteiger partial charge in [0.15, 0.2) is 5.69 Å². The first-order chi connectivity index (χ1) is 10.6. The monoisotopic (exact) mass is 336 g/mol. The third-order valence-electron chi connectivity index (χ3n) is 2.60. The molecule has 8 heteroatoms. The second kappa shape index (κ2) is 7.73. The molecule has 0 aliphatic carbocycles. The van der Waals surface area contributed by atoms with Crippen LogP contribution < -0.4 is 5.32 Å². The van der Waals surface area contributed by atoms with Crippen molar-refractivity contribution >= 4 is 34.7 Å². The van der Waals surface area contributed by atoms with Gasteiger partial charge in [-0.2, -0.15) is 5.26 Å². The van der Waals surface area contributed by atoms with E-state index < -0.39 is 0 Å². The van der Waals surface area contributed by atoms with Crippen molar-refractivity contribution in [2.75, 3.05) is 11.9 Å². The predicted molar refractivity (Wildman–Crippen MR) is 83.7 cm³/mol. The van der Waals surface area contributed by atoms with Crippen LogP contribution in [-0.2, 0) is 22.5 Å². The zero-order valence-electron chi connectivity index (χ0n) is 11.8. The molecule has 2 aromatic heterocycles. The lowest BCUT2D eigenvalue weighted by Gasteiger charge is -2.04. The molecule has 0 atom stereocenters. The highest BCUT2D eigenvalue weighted by molar-refractivity contribution is 7.09. The van der Waals surface area contributed by atoms with Crippen LogP contribution in [0.5, 0.6) is 0 Å². The Morgan fingerprint density at radius 2 is 2.32 bits per heavy atom. The molecule has 0 radical (unpaired) electrons. The van der Waals surface area contributed by atoms with Crippen molar-refractivity contribution in [1.29, 1.82) is 5.26 Å². The molecule has 0 fully saturated rings. The standard InChI is InChI=1S/C14H13ClN4O2S/c1-2-21-14(20)5-9-8-22-13(18-9)7-17-12-4-3-10(15)11(6-16)19-12/h3-4,8H,2,5,7H2,1H3,(H,17,19). The molecule has 0 saturated heterocycles. The number of nitriles is 1. The van der Waals surface area contributed by atoms with Gasteiger partial charge in [0.2, 0.25) is 0 Å². The van der Waals surface area contributed by atoms with E-state index >= 15 is 0 Å². The lowest BCUT2D eigenvalue weighted by Crippen LogP contribution is -2.08. The fourth-order valence-corrected chi connectivity index (χ4v) is 2.54. The van der Waals surface area contributed by atoms with Gasteiger partial charge in [0.05, 0.1) is 30.3 Å². The van der Waals surface area contributed by atoms with E-state index in [4.69, 9.17) is 21.6 Å². The normalized spacial score (nSPS) is 10.0. The summed E-state index contributed by atoms with van der Waals surface area (Å²) in [5, 5.41) is 14.9. The molecule has 0 spiro atoms. The Morgan fingerprint density at radius 3 is 3.05 bits per heavy atom. The van der Waals surface area contributed by atoms with Crippen LogP contribution in [0.25, 0.3) is 0 Å². The van der Waals surface area contributed by atoms with E-state index in [1.165, 1.54) is 11.3 Å². The van der Waals surface area contributed by atoms with Gasteiger partial charge in [-0.05, 0) is 19.1 Å². The van der Waals surface area contributed by atoms with Crippen LogP contribution in [0.15, 0.2) is 17.5 Å². The van der Waals surface area contributed by atoms with E-state index in [1.54, 1.807) is 19.1 Å². The summed E-state index contributed by atoms with van der Waals surface area (Å²) in [5.41, 5.74) is 0.857. The lowest BCUT2D eigenvalue weighted by molar-refractivity contribution is -0.142. The molecule has 114 valence electrons. The molecule has 2 heterocycles. The van der Waals surface area contributed by atoms with Crippen molar-refractivity contribution in [3.05, 3.63) is 38.9 Å². The lowest BCUT2D eigenvalue weighted by atomic mass is 10.3. The molecule has 0 aliphatic heterocycles. The fourth-order valence-electron chi connectivity index (χ4n) is 1.66. The molecule has 22 heavy (non-hydrogen) atoms. The van der Waals surface area contributed by atoms with Gasteiger partial charge in [-0.1, -0.05) is 11.6 Å². The van der Waals surface area contributed by atoms with E-state index in [-0.39, 0.29) is 18.1 Å². The predicted octanol–water partition coefficient (Wildman–Crippen LogP) is 2.78. The maximum Gasteiger partial charge on any atom is 0.311 e. The molecule has 0 saturated carbocycles. The maximum atomic E-state index is 11.4. The highest BCUT2D eigenvalue weighted by Crippen LogP contribution is 2.17. The third kappa shape index (κ3) is 4.41. The minimum Gasteiger partial charge on any atom is -0.466 e. The Kier molecular flexibility index (Phi) is 5.69. The van der Waals surface area contributed by atoms with Crippen molar-refractivity contribution in [1.82, 2.24) is 9.97 Å². The summed E-state index contributed by atoms with van der Waals surface area (Å²) in [6.07, 6.45) is 0.169. The second-order valence-electron chi connectivity index (χ2n) is 4.21. The highest BCUT2D eigenvalue weighted by Gasteiger charge is 2.09. The summed E-state index contributed by atoms with van der Waals surface area (Å²) in [7, 11) is 0. The molecule has 2 rings (SSSR count). The molecule has 6 nitrogen and oxygen atoms in total. The van der Waals surface area contributed by atoms with Gasteiger partial charge in [0.25, 0.3) is 0 Å². The van der Waals surface area contributed by atoms with Crippen LogP contribution >= 0.6 is 22.9 Å². The van der Waals surface area contributed by atoms with Gasteiger partial charge in [-0.15, -0.1) is 11.3 Å². The van der Waals surface area contributed by atoms with E-state index in [0.29, 0.717) is 29.7 Å². The molecule has 0 unspecified atom stereocenters. The number of rotatable bonds is 6. The van der Waals surface area contributed by atoms with E-state index in [0.717, 1.165) is 5.01 Å². The van der Waals surface area contributed by atoms with Crippen molar-refractivity contribution in [2.45, 2.75) is 19.9 Å². The van der Waals surface area contributed by atoms with Crippen molar-refractivity contribution in [2.24, 2.45) is 0 Å². The largest absolute Gasteiger partial charge is 0.466 e. The third-order valence-corrected chi connectivity index (χ3v) is 3.81. The van der Waals surface area contributed by atoms with E-state index in [1.807, 2.05) is 11.4 Å². The Hall–Kier alpha value is -2.17. The zero-order valence-corrected chi connectivity index (χ0v) is 13.4. The van der Waals surface area contributed by atoms with Crippen molar-refractivity contribution in [3.63, 3.8) is 0 Å². The van der Waals surface area contributed by atoms with Crippen LogP contribution in [0.4, 0.5) is 5.82 Å². The summed E-state index contributed by atoms with van der Waals surface area (Å²) in [5.74, 6) is 0.258. The molecular formula is C14H13ClN4O2S. The van der Waals surface area contributed by atoms with Gasteiger partial charge in [0.1, 0.15) is 16.9 Å². The summed E-state index contributed by atoms with van der Waals surface area (Å²) in [6.45, 7) is 2.58. The van der Waals surface area contributed by atoms with Gasteiger partial charge in [-0.3, -0.25) is 4.79 Å². The van der Waals surface area contributed by atoms with Gasteiger partial charge in [0, 0.05) is 5.38 Å². The molecular weight excluding hydrogens is 324 g/mol. The number of thiazole rings is 1. The second-order valence-corrected chi connectivity index (χ2v) is 5.56. The number of hydrogen-bond donors (Lipinski definition) is 1. The first-order valence-corrected chi connectivity index (χ1v) is 7.77. The minimum absolute atomic E-state index is 0.169. The first kappa shape index (κ1) is 16.2. The fraction of sp³-hybridized carbons (Fsp3) is 0.286. The SMILES string of the molecule is CCOC(=O)Cc1csc(CNc2ccc(Cl)c(C#N)n2)n1.